The summed E-state index contributed by atoms with van der Waals surface area (Å²) < 4.78 is 5.63. The minimum absolute atomic E-state index is 0.0554. The Morgan fingerprint density at radius 1 is 1.60 bits per heavy atom. The zero-order chi connectivity index (χ0) is 7.61. The zero-order valence-electron chi connectivity index (χ0n) is 6.76. The second-order valence-corrected chi connectivity index (χ2v) is 3.55. The summed E-state index contributed by atoms with van der Waals surface area (Å²) in [6.45, 7) is 4.45. The van der Waals surface area contributed by atoms with Crippen molar-refractivity contribution in [1.29, 1.82) is 0 Å². The molecule has 0 amide bonds. The highest BCUT2D eigenvalue weighted by Gasteiger charge is 2.30. The van der Waals surface area contributed by atoms with Gasteiger partial charge in [-0.2, -0.15) is 0 Å². The molecule has 1 atom stereocenters. The SMILES string of the molecule is CC1(C)CCC(CCO)O1. The topological polar surface area (TPSA) is 29.5 Å². The fraction of sp³-hybridized carbons (Fsp3) is 1.00. The van der Waals surface area contributed by atoms with E-state index in [0.29, 0.717) is 6.10 Å². The van der Waals surface area contributed by atoms with Gasteiger partial charge >= 0.3 is 0 Å². The molecule has 1 aliphatic heterocycles. The lowest BCUT2D eigenvalue weighted by molar-refractivity contribution is -0.0236. The van der Waals surface area contributed by atoms with E-state index in [4.69, 9.17) is 9.84 Å². The molecular formula is C8H16O2. The first-order valence-electron chi connectivity index (χ1n) is 3.93. The first-order valence-corrected chi connectivity index (χ1v) is 3.93. The quantitative estimate of drug-likeness (QED) is 0.633. The van der Waals surface area contributed by atoms with Crippen LogP contribution in [-0.2, 0) is 4.74 Å². The molecule has 0 spiro atoms. The van der Waals surface area contributed by atoms with E-state index in [1.165, 1.54) is 0 Å². The van der Waals surface area contributed by atoms with E-state index < -0.39 is 0 Å². The molecule has 0 aliphatic carbocycles. The Morgan fingerprint density at radius 2 is 2.30 bits per heavy atom. The fourth-order valence-electron chi connectivity index (χ4n) is 1.42. The van der Waals surface area contributed by atoms with Crippen LogP contribution in [-0.4, -0.2) is 23.4 Å². The molecule has 1 N–H and O–H groups in total. The van der Waals surface area contributed by atoms with Crippen molar-refractivity contribution in [3.05, 3.63) is 0 Å². The average Bonchev–Trinajstić information content (AvgIpc) is 2.12. The van der Waals surface area contributed by atoms with Gasteiger partial charge in [0.1, 0.15) is 0 Å². The lowest BCUT2D eigenvalue weighted by Crippen LogP contribution is -2.20. The van der Waals surface area contributed by atoms with Gasteiger partial charge in [-0.15, -0.1) is 0 Å². The van der Waals surface area contributed by atoms with Crippen molar-refractivity contribution in [3.8, 4) is 0 Å². The van der Waals surface area contributed by atoms with Gasteiger partial charge in [0.05, 0.1) is 11.7 Å². The molecule has 0 saturated carbocycles. The lowest BCUT2D eigenvalue weighted by atomic mass is 10.1. The fourth-order valence-corrected chi connectivity index (χ4v) is 1.42. The zero-order valence-corrected chi connectivity index (χ0v) is 6.76. The predicted molar refractivity (Wildman–Crippen MR) is 39.9 cm³/mol. The standard InChI is InChI=1S/C8H16O2/c1-8(2)5-3-7(10-8)4-6-9/h7,9H,3-6H2,1-2H3. The van der Waals surface area contributed by atoms with Gasteiger partial charge in [-0.25, -0.2) is 0 Å². The minimum Gasteiger partial charge on any atom is -0.396 e. The van der Waals surface area contributed by atoms with Crippen LogP contribution < -0.4 is 0 Å². The average molecular weight is 144 g/mol. The molecule has 60 valence electrons. The van der Waals surface area contributed by atoms with Crippen LogP contribution in [0.15, 0.2) is 0 Å². The van der Waals surface area contributed by atoms with E-state index in [-0.39, 0.29) is 12.2 Å². The Hall–Kier alpha value is -0.0800. The second-order valence-electron chi connectivity index (χ2n) is 3.55. The summed E-state index contributed by atoms with van der Waals surface area (Å²) in [4.78, 5) is 0. The van der Waals surface area contributed by atoms with E-state index in [1.807, 2.05) is 0 Å². The highest BCUT2D eigenvalue weighted by atomic mass is 16.5. The van der Waals surface area contributed by atoms with Gasteiger partial charge in [0.15, 0.2) is 0 Å². The normalized spacial score (nSPS) is 30.9. The molecule has 1 rings (SSSR count). The first-order chi connectivity index (χ1) is 4.64. The number of hydrogen-bond acceptors (Lipinski definition) is 2. The molecule has 1 fully saturated rings. The highest BCUT2D eigenvalue weighted by molar-refractivity contribution is 4.80. The summed E-state index contributed by atoms with van der Waals surface area (Å²) in [5, 5.41) is 8.62. The lowest BCUT2D eigenvalue weighted by Gasteiger charge is -2.18. The van der Waals surface area contributed by atoms with Crippen molar-refractivity contribution in [1.82, 2.24) is 0 Å². The Morgan fingerprint density at radius 3 is 2.70 bits per heavy atom. The highest BCUT2D eigenvalue weighted by Crippen LogP contribution is 2.30. The molecule has 0 bridgehead atoms. The summed E-state index contributed by atoms with van der Waals surface area (Å²) >= 11 is 0. The van der Waals surface area contributed by atoms with Crippen LogP contribution in [0.1, 0.15) is 33.1 Å². The summed E-state index contributed by atoms with van der Waals surface area (Å²) in [5.74, 6) is 0. The van der Waals surface area contributed by atoms with Crippen molar-refractivity contribution in [2.75, 3.05) is 6.61 Å². The Labute approximate surface area is 62.2 Å². The summed E-state index contributed by atoms with van der Waals surface area (Å²) in [7, 11) is 0. The van der Waals surface area contributed by atoms with Gasteiger partial charge < -0.3 is 9.84 Å². The molecule has 0 aromatic heterocycles. The number of rotatable bonds is 2. The Kier molecular flexibility index (Phi) is 2.32. The number of aliphatic hydroxyl groups is 1. The largest absolute Gasteiger partial charge is 0.396 e. The Bertz CT molecular complexity index is 110. The monoisotopic (exact) mass is 144 g/mol. The van der Waals surface area contributed by atoms with Crippen molar-refractivity contribution in [3.63, 3.8) is 0 Å². The summed E-state index contributed by atoms with van der Waals surface area (Å²) in [5.41, 5.74) is 0.0554. The molecule has 0 aromatic rings. The van der Waals surface area contributed by atoms with Crippen LogP contribution >= 0.6 is 0 Å². The third kappa shape index (κ3) is 1.96. The maximum absolute atomic E-state index is 8.62. The van der Waals surface area contributed by atoms with Gasteiger partial charge in [-0.1, -0.05) is 0 Å². The van der Waals surface area contributed by atoms with E-state index in [0.717, 1.165) is 19.3 Å². The van der Waals surface area contributed by atoms with Gasteiger partial charge in [-0.3, -0.25) is 0 Å². The van der Waals surface area contributed by atoms with E-state index in [1.54, 1.807) is 0 Å². The second kappa shape index (κ2) is 2.89. The van der Waals surface area contributed by atoms with Crippen LogP contribution in [0.2, 0.25) is 0 Å². The molecule has 10 heavy (non-hydrogen) atoms. The molecule has 1 heterocycles. The van der Waals surface area contributed by atoms with E-state index >= 15 is 0 Å². The molecule has 1 aliphatic rings. The molecule has 1 saturated heterocycles. The number of ether oxygens (including phenoxy) is 1. The maximum atomic E-state index is 8.62. The smallest absolute Gasteiger partial charge is 0.0631 e. The number of hydrogen-bond donors (Lipinski definition) is 1. The third-order valence-corrected chi connectivity index (χ3v) is 2.01. The van der Waals surface area contributed by atoms with Gasteiger partial charge in [0.2, 0.25) is 0 Å². The van der Waals surface area contributed by atoms with Crippen LogP contribution in [0, 0.1) is 0 Å². The van der Waals surface area contributed by atoms with Crippen molar-refractivity contribution >= 4 is 0 Å². The molecule has 0 aromatic carbocycles. The molecule has 2 nitrogen and oxygen atoms in total. The molecule has 2 heteroatoms. The van der Waals surface area contributed by atoms with E-state index in [2.05, 4.69) is 13.8 Å². The molecule has 0 radical (unpaired) electrons. The van der Waals surface area contributed by atoms with Crippen LogP contribution in [0.3, 0.4) is 0 Å². The van der Waals surface area contributed by atoms with Gasteiger partial charge in [0, 0.05) is 6.61 Å². The van der Waals surface area contributed by atoms with Crippen molar-refractivity contribution in [2.24, 2.45) is 0 Å². The van der Waals surface area contributed by atoms with Gasteiger partial charge in [-0.05, 0) is 33.1 Å². The van der Waals surface area contributed by atoms with Gasteiger partial charge in [0.25, 0.3) is 0 Å². The van der Waals surface area contributed by atoms with Crippen molar-refractivity contribution in [2.45, 2.75) is 44.8 Å². The van der Waals surface area contributed by atoms with E-state index in [9.17, 15) is 0 Å². The van der Waals surface area contributed by atoms with Crippen LogP contribution in [0.5, 0.6) is 0 Å². The van der Waals surface area contributed by atoms with Crippen LogP contribution in [0.25, 0.3) is 0 Å². The molecular weight excluding hydrogens is 128 g/mol. The minimum atomic E-state index is 0.0554. The molecule has 1 unspecified atom stereocenters. The Balaban J connectivity index is 2.29. The van der Waals surface area contributed by atoms with Crippen LogP contribution in [0.4, 0.5) is 0 Å². The van der Waals surface area contributed by atoms with Crippen molar-refractivity contribution < 1.29 is 9.84 Å². The third-order valence-electron chi connectivity index (χ3n) is 2.01. The summed E-state index contributed by atoms with van der Waals surface area (Å²) in [6, 6.07) is 0. The summed E-state index contributed by atoms with van der Waals surface area (Å²) in [6.07, 6.45) is 3.33. The number of aliphatic hydroxyl groups excluding tert-OH is 1. The maximum Gasteiger partial charge on any atom is 0.0631 e. The first kappa shape index (κ1) is 8.02. The predicted octanol–water partition coefficient (Wildman–Crippen LogP) is 1.33.